The van der Waals surface area contributed by atoms with Crippen LogP contribution in [0.3, 0.4) is 0 Å². The van der Waals surface area contributed by atoms with Gasteiger partial charge in [-0.25, -0.2) is 9.18 Å². The van der Waals surface area contributed by atoms with Crippen LogP contribution in [-0.2, 0) is 6.42 Å². The number of aryl methyl sites for hydroxylation is 1. The molecule has 0 saturated heterocycles. The summed E-state index contributed by atoms with van der Waals surface area (Å²) in [5, 5.41) is 15.6. The molecule has 2 aliphatic rings. The van der Waals surface area contributed by atoms with Gasteiger partial charge in [0, 0.05) is 6.54 Å². The van der Waals surface area contributed by atoms with Gasteiger partial charge in [0.25, 0.3) is 0 Å². The Morgan fingerprint density at radius 1 is 1.26 bits per heavy atom. The number of hydrogen-bond acceptors (Lipinski definition) is 2. The number of amides is 2. The van der Waals surface area contributed by atoms with Crippen LogP contribution in [0.1, 0.15) is 55.7 Å². The Bertz CT molecular complexity index is 564. The average molecular weight is 320 g/mol. The van der Waals surface area contributed by atoms with Gasteiger partial charge in [-0.2, -0.15) is 0 Å². The van der Waals surface area contributed by atoms with E-state index >= 15 is 0 Å². The third-order valence-corrected chi connectivity index (χ3v) is 5.03. The molecule has 1 saturated carbocycles. The minimum absolute atomic E-state index is 0.0451. The predicted molar refractivity (Wildman–Crippen MR) is 86.6 cm³/mol. The topological polar surface area (TPSA) is 61.4 Å². The summed E-state index contributed by atoms with van der Waals surface area (Å²) in [6.45, 7) is 0.603. The van der Waals surface area contributed by atoms with E-state index in [2.05, 4.69) is 10.6 Å². The monoisotopic (exact) mass is 320 g/mol. The summed E-state index contributed by atoms with van der Waals surface area (Å²) in [4.78, 5) is 12.2. The lowest BCUT2D eigenvalue weighted by Gasteiger charge is -2.28. The van der Waals surface area contributed by atoms with E-state index in [-0.39, 0.29) is 24.0 Å². The van der Waals surface area contributed by atoms with E-state index in [9.17, 15) is 14.3 Å². The number of aliphatic hydroxyl groups is 1. The van der Waals surface area contributed by atoms with Crippen LogP contribution >= 0.6 is 0 Å². The Morgan fingerprint density at radius 2 is 2.13 bits per heavy atom. The molecule has 2 amide bonds. The Kier molecular flexibility index (Phi) is 5.16. The summed E-state index contributed by atoms with van der Waals surface area (Å²) in [7, 11) is 0. The molecule has 0 spiro atoms. The normalized spacial score (nSPS) is 27.1. The highest BCUT2D eigenvalue weighted by Gasteiger charge is 2.23. The van der Waals surface area contributed by atoms with E-state index < -0.39 is 0 Å². The summed E-state index contributed by atoms with van der Waals surface area (Å²) in [5.74, 6) is 0.141. The summed E-state index contributed by atoms with van der Waals surface area (Å²) in [5.41, 5.74) is 2.03. The summed E-state index contributed by atoms with van der Waals surface area (Å²) in [6, 6.07) is 4.60. The van der Waals surface area contributed by atoms with Crippen molar-refractivity contribution in [1.29, 1.82) is 0 Å². The number of hydrogen-bond donors (Lipinski definition) is 3. The zero-order chi connectivity index (χ0) is 16.2. The molecule has 0 heterocycles. The van der Waals surface area contributed by atoms with Gasteiger partial charge in [0.15, 0.2) is 0 Å². The number of benzene rings is 1. The van der Waals surface area contributed by atoms with Gasteiger partial charge in [0.2, 0.25) is 0 Å². The van der Waals surface area contributed by atoms with Crippen LogP contribution in [0.5, 0.6) is 0 Å². The molecule has 3 unspecified atom stereocenters. The average Bonchev–Trinajstić information content (AvgIpc) is 2.53. The van der Waals surface area contributed by atoms with Crippen molar-refractivity contribution in [3.63, 3.8) is 0 Å². The Balaban J connectivity index is 1.52. The largest absolute Gasteiger partial charge is 0.393 e. The SMILES string of the molecule is O=C(NCC1CCCC(O)C1)NC1CCCc2cc(F)ccc21. The van der Waals surface area contributed by atoms with Crippen LogP contribution < -0.4 is 10.6 Å². The highest BCUT2D eigenvalue weighted by atomic mass is 19.1. The number of halogens is 1. The Hall–Kier alpha value is -1.62. The highest BCUT2D eigenvalue weighted by molar-refractivity contribution is 5.74. The zero-order valence-electron chi connectivity index (χ0n) is 13.4. The minimum atomic E-state index is -0.223. The first-order valence-electron chi connectivity index (χ1n) is 8.62. The first kappa shape index (κ1) is 16.2. The van der Waals surface area contributed by atoms with E-state index in [1.165, 1.54) is 6.07 Å². The highest BCUT2D eigenvalue weighted by Crippen LogP contribution is 2.30. The molecule has 1 fully saturated rings. The third-order valence-electron chi connectivity index (χ3n) is 5.03. The van der Waals surface area contributed by atoms with Crippen LogP contribution in [0.2, 0.25) is 0 Å². The first-order chi connectivity index (χ1) is 11.1. The standard InChI is InChI=1S/C18H25FN2O2/c19-14-7-8-16-13(10-14)4-2-6-17(16)21-18(23)20-11-12-3-1-5-15(22)9-12/h7-8,10,12,15,17,22H,1-6,9,11H2,(H2,20,21,23). The first-order valence-corrected chi connectivity index (χ1v) is 8.62. The maximum Gasteiger partial charge on any atom is 0.315 e. The molecule has 23 heavy (non-hydrogen) atoms. The van der Waals surface area contributed by atoms with Crippen molar-refractivity contribution in [2.45, 2.75) is 57.1 Å². The number of rotatable bonds is 3. The van der Waals surface area contributed by atoms with Crippen LogP contribution in [-0.4, -0.2) is 23.8 Å². The second-order valence-electron chi connectivity index (χ2n) is 6.83. The van der Waals surface area contributed by atoms with Crippen molar-refractivity contribution in [2.75, 3.05) is 6.54 Å². The van der Waals surface area contributed by atoms with Crippen molar-refractivity contribution in [1.82, 2.24) is 10.6 Å². The lowest BCUT2D eigenvalue weighted by Crippen LogP contribution is -2.42. The fourth-order valence-corrected chi connectivity index (χ4v) is 3.83. The molecule has 2 aliphatic carbocycles. The molecule has 1 aromatic rings. The molecule has 3 N–H and O–H groups in total. The number of fused-ring (bicyclic) bond motifs is 1. The number of carbonyl (C=O) groups excluding carboxylic acids is 1. The van der Waals surface area contributed by atoms with Gasteiger partial charge < -0.3 is 15.7 Å². The van der Waals surface area contributed by atoms with Crippen LogP contribution in [0.15, 0.2) is 18.2 Å². The number of nitrogens with one attached hydrogen (secondary N) is 2. The van der Waals surface area contributed by atoms with Gasteiger partial charge in [-0.05, 0) is 67.7 Å². The molecule has 5 heteroatoms. The second-order valence-corrected chi connectivity index (χ2v) is 6.83. The van der Waals surface area contributed by atoms with E-state index in [1.807, 2.05) is 0 Å². The van der Waals surface area contributed by atoms with Crippen molar-refractivity contribution >= 4 is 6.03 Å². The van der Waals surface area contributed by atoms with Crippen molar-refractivity contribution in [2.24, 2.45) is 5.92 Å². The Morgan fingerprint density at radius 3 is 2.96 bits per heavy atom. The summed E-state index contributed by atoms with van der Waals surface area (Å²) >= 11 is 0. The van der Waals surface area contributed by atoms with Gasteiger partial charge in [-0.15, -0.1) is 0 Å². The molecule has 3 rings (SSSR count). The van der Waals surface area contributed by atoms with Crippen molar-refractivity contribution in [3.8, 4) is 0 Å². The quantitative estimate of drug-likeness (QED) is 0.801. The van der Waals surface area contributed by atoms with Gasteiger partial charge in [-0.1, -0.05) is 12.5 Å². The molecule has 0 aliphatic heterocycles. The third kappa shape index (κ3) is 4.22. The summed E-state index contributed by atoms with van der Waals surface area (Å²) in [6.07, 6.45) is 6.21. The fourth-order valence-electron chi connectivity index (χ4n) is 3.83. The van der Waals surface area contributed by atoms with Gasteiger partial charge in [-0.3, -0.25) is 0 Å². The predicted octanol–water partition coefficient (Wildman–Crippen LogP) is 3.05. The van der Waals surface area contributed by atoms with Crippen LogP contribution in [0.25, 0.3) is 0 Å². The maximum atomic E-state index is 13.3. The molecular weight excluding hydrogens is 295 g/mol. The van der Waals surface area contributed by atoms with Gasteiger partial charge in [0.1, 0.15) is 5.82 Å². The summed E-state index contributed by atoms with van der Waals surface area (Å²) < 4.78 is 13.3. The smallest absolute Gasteiger partial charge is 0.315 e. The fraction of sp³-hybridized carbons (Fsp3) is 0.611. The van der Waals surface area contributed by atoms with Crippen LogP contribution in [0, 0.1) is 11.7 Å². The molecule has 1 aromatic carbocycles. The van der Waals surface area contributed by atoms with Crippen molar-refractivity contribution < 1.29 is 14.3 Å². The Labute approximate surface area is 136 Å². The van der Waals surface area contributed by atoms with E-state index in [4.69, 9.17) is 0 Å². The molecule has 0 bridgehead atoms. The number of carbonyl (C=O) groups is 1. The molecule has 4 nitrogen and oxygen atoms in total. The molecular formula is C18H25FN2O2. The number of urea groups is 1. The molecule has 3 atom stereocenters. The lowest BCUT2D eigenvalue weighted by molar-refractivity contribution is 0.101. The second kappa shape index (κ2) is 7.30. The van der Waals surface area contributed by atoms with E-state index in [0.717, 1.165) is 56.1 Å². The van der Waals surface area contributed by atoms with E-state index in [1.54, 1.807) is 12.1 Å². The van der Waals surface area contributed by atoms with Crippen molar-refractivity contribution in [3.05, 3.63) is 35.1 Å². The molecule has 0 aromatic heterocycles. The van der Waals surface area contributed by atoms with E-state index in [0.29, 0.717) is 12.5 Å². The van der Waals surface area contributed by atoms with Gasteiger partial charge >= 0.3 is 6.03 Å². The zero-order valence-corrected chi connectivity index (χ0v) is 13.4. The maximum absolute atomic E-state index is 13.3. The number of aliphatic hydroxyl groups excluding tert-OH is 1. The van der Waals surface area contributed by atoms with Gasteiger partial charge in [0.05, 0.1) is 12.1 Å². The lowest BCUT2D eigenvalue weighted by atomic mass is 9.87. The van der Waals surface area contributed by atoms with Crippen LogP contribution in [0.4, 0.5) is 9.18 Å². The minimum Gasteiger partial charge on any atom is -0.393 e. The molecule has 0 radical (unpaired) electrons. The molecule has 126 valence electrons.